The molecular formula is C17H16BrF3N4OS. The van der Waals surface area contributed by atoms with Crippen LogP contribution in [0.15, 0.2) is 34.9 Å². The second-order valence-electron chi connectivity index (χ2n) is 5.95. The van der Waals surface area contributed by atoms with Gasteiger partial charge in [0, 0.05) is 22.4 Å². The third-order valence-corrected chi connectivity index (χ3v) is 5.48. The lowest BCUT2D eigenvalue weighted by Gasteiger charge is -2.23. The Labute approximate surface area is 166 Å². The highest BCUT2D eigenvalue weighted by Crippen LogP contribution is 2.31. The molecule has 0 radical (unpaired) electrons. The van der Waals surface area contributed by atoms with Gasteiger partial charge in [-0.25, -0.2) is 9.97 Å². The van der Waals surface area contributed by atoms with Crippen LogP contribution in [0.5, 0.6) is 0 Å². The summed E-state index contributed by atoms with van der Waals surface area (Å²) < 4.78 is 41.1. The number of anilines is 2. The molecule has 1 saturated heterocycles. The molecule has 0 bridgehead atoms. The van der Waals surface area contributed by atoms with Crippen LogP contribution >= 0.6 is 27.7 Å². The lowest BCUT2D eigenvalue weighted by molar-refractivity contribution is -0.141. The fraction of sp³-hybridized carbons (Fsp3) is 0.353. The number of alkyl halides is 3. The van der Waals surface area contributed by atoms with Crippen molar-refractivity contribution in [1.82, 2.24) is 15.3 Å². The predicted octanol–water partition coefficient (Wildman–Crippen LogP) is 4.63. The van der Waals surface area contributed by atoms with Crippen LogP contribution < -0.4 is 10.6 Å². The summed E-state index contributed by atoms with van der Waals surface area (Å²) in [6, 6.07) is 6.73. The standard InChI is InChI=1S/C17H16BrF3N4OS/c18-10-2-1-3-12(8-10)24-16-22-9-13(14(25-16)17(19,20)21)15(26)23-11-4-6-27-7-5-11/h1-3,8-9,11H,4-7H2,(H,23,26)(H,22,24,25). The third kappa shape index (κ3) is 5.35. The molecule has 1 amide bonds. The molecular weight excluding hydrogens is 445 g/mol. The SMILES string of the molecule is O=C(NC1CCSCC1)c1cnc(Nc2cccc(Br)c2)nc1C(F)(F)F. The van der Waals surface area contributed by atoms with Crippen molar-refractivity contribution >= 4 is 45.2 Å². The number of benzene rings is 1. The molecule has 1 aromatic heterocycles. The number of halogens is 4. The Morgan fingerprint density at radius 2 is 2.00 bits per heavy atom. The first-order valence-corrected chi connectivity index (χ1v) is 10.1. The monoisotopic (exact) mass is 460 g/mol. The number of amides is 1. The molecule has 144 valence electrons. The van der Waals surface area contributed by atoms with E-state index in [4.69, 9.17) is 0 Å². The van der Waals surface area contributed by atoms with Gasteiger partial charge in [0.05, 0.1) is 5.56 Å². The van der Waals surface area contributed by atoms with E-state index in [1.54, 1.807) is 36.0 Å². The van der Waals surface area contributed by atoms with E-state index in [0.29, 0.717) is 5.69 Å². The van der Waals surface area contributed by atoms with Crippen LogP contribution in [0.4, 0.5) is 24.8 Å². The average Bonchev–Trinajstić information content (AvgIpc) is 2.62. The Morgan fingerprint density at radius 3 is 2.67 bits per heavy atom. The number of carbonyl (C=O) groups excluding carboxylic acids is 1. The number of nitrogens with zero attached hydrogens (tertiary/aromatic N) is 2. The van der Waals surface area contributed by atoms with Crippen LogP contribution in [0.1, 0.15) is 28.9 Å². The highest BCUT2D eigenvalue weighted by Gasteiger charge is 2.38. The van der Waals surface area contributed by atoms with E-state index < -0.39 is 23.3 Å². The summed E-state index contributed by atoms with van der Waals surface area (Å²) in [6.07, 6.45) is -2.38. The molecule has 27 heavy (non-hydrogen) atoms. The quantitative estimate of drug-likeness (QED) is 0.696. The fourth-order valence-corrected chi connectivity index (χ4v) is 4.13. The largest absolute Gasteiger partial charge is 0.434 e. The zero-order valence-corrected chi connectivity index (χ0v) is 16.4. The number of hydrogen-bond donors (Lipinski definition) is 2. The van der Waals surface area contributed by atoms with Crippen molar-refractivity contribution in [3.8, 4) is 0 Å². The first kappa shape index (κ1) is 19.9. The van der Waals surface area contributed by atoms with Crippen molar-refractivity contribution in [2.45, 2.75) is 25.1 Å². The molecule has 1 fully saturated rings. The van der Waals surface area contributed by atoms with Crippen molar-refractivity contribution in [3.63, 3.8) is 0 Å². The van der Waals surface area contributed by atoms with E-state index >= 15 is 0 Å². The fourth-order valence-electron chi connectivity index (χ4n) is 2.62. The first-order chi connectivity index (χ1) is 12.8. The summed E-state index contributed by atoms with van der Waals surface area (Å²) in [5, 5.41) is 5.38. The van der Waals surface area contributed by atoms with Crippen LogP contribution in [0.25, 0.3) is 0 Å². The van der Waals surface area contributed by atoms with Gasteiger partial charge in [-0.15, -0.1) is 0 Å². The van der Waals surface area contributed by atoms with Crippen LogP contribution in [-0.4, -0.2) is 33.4 Å². The summed E-state index contributed by atoms with van der Waals surface area (Å²) in [5.74, 6) is 0.728. The number of aromatic nitrogens is 2. The smallest absolute Gasteiger partial charge is 0.349 e. The highest BCUT2D eigenvalue weighted by molar-refractivity contribution is 9.10. The van der Waals surface area contributed by atoms with Gasteiger partial charge in [-0.2, -0.15) is 24.9 Å². The van der Waals surface area contributed by atoms with E-state index in [1.807, 2.05) is 0 Å². The van der Waals surface area contributed by atoms with Crippen molar-refractivity contribution < 1.29 is 18.0 Å². The molecule has 2 aromatic rings. The van der Waals surface area contributed by atoms with Crippen LogP contribution in [0, 0.1) is 0 Å². The number of nitrogens with one attached hydrogen (secondary N) is 2. The Balaban J connectivity index is 1.84. The van der Waals surface area contributed by atoms with Crippen molar-refractivity contribution in [2.24, 2.45) is 0 Å². The normalized spacial score (nSPS) is 15.4. The van der Waals surface area contributed by atoms with E-state index in [2.05, 4.69) is 36.5 Å². The molecule has 0 unspecified atom stereocenters. The summed E-state index contributed by atoms with van der Waals surface area (Å²) in [7, 11) is 0. The molecule has 10 heteroatoms. The summed E-state index contributed by atoms with van der Waals surface area (Å²) in [6.45, 7) is 0. The van der Waals surface area contributed by atoms with E-state index in [0.717, 1.165) is 35.0 Å². The van der Waals surface area contributed by atoms with Gasteiger partial charge in [-0.05, 0) is 42.5 Å². The van der Waals surface area contributed by atoms with E-state index in [1.165, 1.54) is 0 Å². The maximum Gasteiger partial charge on any atom is 0.434 e. The van der Waals surface area contributed by atoms with Gasteiger partial charge in [0.2, 0.25) is 5.95 Å². The highest BCUT2D eigenvalue weighted by atomic mass is 79.9. The third-order valence-electron chi connectivity index (χ3n) is 3.94. The Kier molecular flexibility index (Phi) is 6.25. The molecule has 0 aliphatic carbocycles. The molecule has 5 nitrogen and oxygen atoms in total. The minimum Gasteiger partial charge on any atom is -0.349 e. The van der Waals surface area contributed by atoms with Crippen LogP contribution in [0.2, 0.25) is 0 Å². The van der Waals surface area contributed by atoms with Crippen molar-refractivity contribution in [1.29, 1.82) is 0 Å². The second kappa shape index (κ2) is 8.47. The predicted molar refractivity (Wildman–Crippen MR) is 102 cm³/mol. The molecule has 1 aromatic carbocycles. The topological polar surface area (TPSA) is 66.9 Å². The molecule has 1 aliphatic rings. The average molecular weight is 461 g/mol. The second-order valence-corrected chi connectivity index (χ2v) is 8.09. The Bertz CT molecular complexity index is 828. The van der Waals surface area contributed by atoms with Crippen LogP contribution in [0.3, 0.4) is 0 Å². The molecule has 2 heterocycles. The van der Waals surface area contributed by atoms with Gasteiger partial charge in [0.15, 0.2) is 5.69 Å². The number of thioether (sulfide) groups is 1. The van der Waals surface area contributed by atoms with Crippen LogP contribution in [-0.2, 0) is 6.18 Å². The van der Waals surface area contributed by atoms with Gasteiger partial charge in [0.1, 0.15) is 0 Å². The summed E-state index contributed by atoms with van der Waals surface area (Å²) in [5.41, 5.74) is -1.30. The summed E-state index contributed by atoms with van der Waals surface area (Å²) in [4.78, 5) is 19.8. The van der Waals surface area contributed by atoms with Gasteiger partial charge in [0.25, 0.3) is 5.91 Å². The molecule has 0 atom stereocenters. The number of hydrogen-bond acceptors (Lipinski definition) is 5. The first-order valence-electron chi connectivity index (χ1n) is 8.18. The number of rotatable bonds is 4. The molecule has 0 spiro atoms. The van der Waals surface area contributed by atoms with E-state index in [-0.39, 0.29) is 12.0 Å². The minimum absolute atomic E-state index is 0.126. The maximum atomic E-state index is 13.5. The minimum atomic E-state index is -4.77. The maximum absolute atomic E-state index is 13.5. The molecule has 0 saturated carbocycles. The molecule has 1 aliphatic heterocycles. The molecule has 2 N–H and O–H groups in total. The van der Waals surface area contributed by atoms with Gasteiger partial charge >= 0.3 is 6.18 Å². The van der Waals surface area contributed by atoms with Crippen molar-refractivity contribution in [2.75, 3.05) is 16.8 Å². The zero-order chi connectivity index (χ0) is 19.4. The Hall–Kier alpha value is -1.81. The van der Waals surface area contributed by atoms with Crippen molar-refractivity contribution in [3.05, 3.63) is 46.2 Å². The summed E-state index contributed by atoms with van der Waals surface area (Å²) >= 11 is 5.05. The lowest BCUT2D eigenvalue weighted by atomic mass is 10.1. The Morgan fingerprint density at radius 1 is 1.26 bits per heavy atom. The molecule has 3 rings (SSSR count). The van der Waals surface area contributed by atoms with Gasteiger partial charge in [-0.1, -0.05) is 22.0 Å². The van der Waals surface area contributed by atoms with Gasteiger partial charge < -0.3 is 10.6 Å². The zero-order valence-electron chi connectivity index (χ0n) is 14.0. The number of carbonyl (C=O) groups is 1. The van der Waals surface area contributed by atoms with E-state index in [9.17, 15) is 18.0 Å². The lowest BCUT2D eigenvalue weighted by Crippen LogP contribution is -2.38. The van der Waals surface area contributed by atoms with Gasteiger partial charge in [-0.3, -0.25) is 4.79 Å².